The van der Waals surface area contributed by atoms with Crippen LogP contribution in [0.3, 0.4) is 0 Å². The van der Waals surface area contributed by atoms with Crippen molar-refractivity contribution in [3.8, 4) is 5.75 Å². The Hall–Kier alpha value is -3.27. The van der Waals surface area contributed by atoms with Crippen LogP contribution in [0, 0.1) is 6.92 Å². The minimum Gasteiger partial charge on any atom is -0.497 e. The minimum atomic E-state index is -4.20. The van der Waals surface area contributed by atoms with Crippen molar-refractivity contribution in [2.75, 3.05) is 24.5 Å². The van der Waals surface area contributed by atoms with Gasteiger partial charge in [-0.1, -0.05) is 60.8 Å². The van der Waals surface area contributed by atoms with Gasteiger partial charge in [0, 0.05) is 28.7 Å². The number of hydrogen-bond donors (Lipinski definition) is 1. The summed E-state index contributed by atoms with van der Waals surface area (Å²) < 4.78 is 34.1. The first-order valence-electron chi connectivity index (χ1n) is 13.3. The number of carbonyl (C=O) groups is 2. The van der Waals surface area contributed by atoms with E-state index in [-0.39, 0.29) is 17.3 Å². The monoisotopic (exact) mass is 619 g/mol. The average Bonchev–Trinajstić information content (AvgIpc) is 2.96. The van der Waals surface area contributed by atoms with Crippen LogP contribution >= 0.6 is 23.2 Å². The largest absolute Gasteiger partial charge is 0.497 e. The lowest BCUT2D eigenvalue weighted by atomic mass is 10.1. The highest BCUT2D eigenvalue weighted by Crippen LogP contribution is 2.29. The molecule has 0 aromatic heterocycles. The van der Waals surface area contributed by atoms with Crippen LogP contribution in [0.4, 0.5) is 5.69 Å². The van der Waals surface area contributed by atoms with Gasteiger partial charge in [-0.25, -0.2) is 8.42 Å². The lowest BCUT2D eigenvalue weighted by Crippen LogP contribution is -2.52. The molecule has 41 heavy (non-hydrogen) atoms. The van der Waals surface area contributed by atoms with E-state index in [4.69, 9.17) is 27.9 Å². The van der Waals surface area contributed by atoms with E-state index in [2.05, 4.69) is 5.32 Å². The van der Waals surface area contributed by atoms with Gasteiger partial charge in [0.25, 0.3) is 10.0 Å². The molecule has 3 aromatic carbocycles. The molecule has 220 valence electrons. The highest BCUT2D eigenvalue weighted by atomic mass is 35.5. The van der Waals surface area contributed by atoms with Crippen molar-refractivity contribution >= 4 is 50.7 Å². The first kappa shape index (κ1) is 32.2. The number of nitrogens with zero attached hydrogens (tertiary/aromatic N) is 2. The number of amides is 2. The molecule has 1 N–H and O–H groups in total. The van der Waals surface area contributed by atoms with Crippen LogP contribution in [0.15, 0.2) is 71.6 Å². The van der Waals surface area contributed by atoms with Crippen LogP contribution in [0.1, 0.15) is 37.8 Å². The second-order valence-corrected chi connectivity index (χ2v) is 12.1. The molecule has 11 heteroatoms. The lowest BCUT2D eigenvalue weighted by molar-refractivity contribution is -0.140. The maximum absolute atomic E-state index is 14.1. The maximum atomic E-state index is 14.1. The molecule has 8 nitrogen and oxygen atoms in total. The molecule has 0 fully saturated rings. The van der Waals surface area contributed by atoms with Gasteiger partial charge in [-0.2, -0.15) is 0 Å². The van der Waals surface area contributed by atoms with E-state index in [1.807, 2.05) is 13.8 Å². The molecule has 0 saturated carbocycles. The molecule has 3 aromatic rings. The van der Waals surface area contributed by atoms with Crippen LogP contribution in [0.5, 0.6) is 5.75 Å². The number of rotatable bonds is 13. The van der Waals surface area contributed by atoms with Gasteiger partial charge in [0.1, 0.15) is 18.3 Å². The molecule has 1 atom stereocenters. The van der Waals surface area contributed by atoms with Crippen molar-refractivity contribution in [1.29, 1.82) is 0 Å². The molecule has 0 unspecified atom stereocenters. The highest BCUT2D eigenvalue weighted by Gasteiger charge is 2.34. The van der Waals surface area contributed by atoms with E-state index in [0.717, 1.165) is 9.87 Å². The number of hydrogen-bond acceptors (Lipinski definition) is 5. The summed E-state index contributed by atoms with van der Waals surface area (Å²) in [7, 11) is -2.71. The van der Waals surface area contributed by atoms with Crippen molar-refractivity contribution in [2.24, 2.45) is 0 Å². The van der Waals surface area contributed by atoms with Gasteiger partial charge in [-0.3, -0.25) is 13.9 Å². The maximum Gasteiger partial charge on any atom is 0.264 e. The number of benzene rings is 3. The summed E-state index contributed by atoms with van der Waals surface area (Å²) in [4.78, 5) is 28.6. The zero-order valence-corrected chi connectivity index (χ0v) is 25.9. The number of methoxy groups -OCH3 is 1. The third kappa shape index (κ3) is 7.93. The molecule has 0 aliphatic carbocycles. The van der Waals surface area contributed by atoms with Gasteiger partial charge < -0.3 is 15.0 Å². The normalized spacial score (nSPS) is 12.0. The number of carbonyl (C=O) groups excluding carboxylic acids is 2. The third-order valence-corrected chi connectivity index (χ3v) is 9.07. The molecule has 0 aliphatic rings. The zero-order chi connectivity index (χ0) is 30.2. The van der Waals surface area contributed by atoms with Gasteiger partial charge in [0.15, 0.2) is 0 Å². The van der Waals surface area contributed by atoms with E-state index >= 15 is 0 Å². The van der Waals surface area contributed by atoms with E-state index in [0.29, 0.717) is 46.4 Å². The van der Waals surface area contributed by atoms with Crippen LogP contribution in [0.25, 0.3) is 0 Å². The Morgan fingerprint density at radius 1 is 0.951 bits per heavy atom. The smallest absolute Gasteiger partial charge is 0.264 e. The Morgan fingerprint density at radius 3 is 2.10 bits per heavy atom. The Morgan fingerprint density at radius 2 is 1.56 bits per heavy atom. The molecule has 0 saturated heterocycles. The van der Waals surface area contributed by atoms with Gasteiger partial charge in [0.2, 0.25) is 11.8 Å². The summed E-state index contributed by atoms with van der Waals surface area (Å²) in [5.41, 5.74) is 1.69. The molecule has 0 radical (unpaired) electrons. The van der Waals surface area contributed by atoms with Crippen molar-refractivity contribution in [1.82, 2.24) is 10.2 Å². The van der Waals surface area contributed by atoms with Gasteiger partial charge >= 0.3 is 0 Å². The van der Waals surface area contributed by atoms with Gasteiger partial charge in [-0.15, -0.1) is 0 Å². The van der Waals surface area contributed by atoms with E-state index < -0.39 is 28.5 Å². The third-order valence-electron chi connectivity index (χ3n) is 6.57. The van der Waals surface area contributed by atoms with Crippen molar-refractivity contribution < 1.29 is 22.7 Å². The summed E-state index contributed by atoms with van der Waals surface area (Å²) in [6.07, 6.45) is 1.01. The standard InChI is InChI=1S/C30H35Cl2N3O5S/c1-5-18-33-30(37)28(6-2)34(19-25-26(31)8-7-9-27(25)32)29(36)20-35(22-12-10-21(3)11-13-22)41(38,39)24-16-14-23(40-4)15-17-24/h7-17,28H,5-6,18-20H2,1-4H3,(H,33,37)/t28-/m0/s1. The highest BCUT2D eigenvalue weighted by molar-refractivity contribution is 7.92. The quantitative estimate of drug-likeness (QED) is 0.259. The predicted molar refractivity (Wildman–Crippen MR) is 163 cm³/mol. The Balaban J connectivity index is 2.08. The Labute approximate surface area is 252 Å². The number of ether oxygens (including phenoxy) is 1. The summed E-state index contributed by atoms with van der Waals surface area (Å²) in [6, 6.07) is 16.9. The van der Waals surface area contributed by atoms with E-state index in [1.54, 1.807) is 61.5 Å². The zero-order valence-electron chi connectivity index (χ0n) is 23.6. The summed E-state index contributed by atoms with van der Waals surface area (Å²) >= 11 is 12.9. The van der Waals surface area contributed by atoms with Crippen LogP contribution in [0.2, 0.25) is 10.0 Å². The van der Waals surface area contributed by atoms with Crippen molar-refractivity contribution in [3.63, 3.8) is 0 Å². The molecular formula is C30H35Cl2N3O5S. The fourth-order valence-electron chi connectivity index (χ4n) is 4.25. The predicted octanol–water partition coefficient (Wildman–Crippen LogP) is 5.84. The minimum absolute atomic E-state index is 0.0138. The van der Waals surface area contributed by atoms with Gasteiger partial charge in [-0.05, 0) is 68.3 Å². The summed E-state index contributed by atoms with van der Waals surface area (Å²) in [5.74, 6) is -0.434. The van der Waals surface area contributed by atoms with E-state index in [9.17, 15) is 18.0 Å². The molecule has 0 bridgehead atoms. The second-order valence-electron chi connectivity index (χ2n) is 9.46. The summed E-state index contributed by atoms with van der Waals surface area (Å²) in [5, 5.41) is 3.52. The lowest BCUT2D eigenvalue weighted by Gasteiger charge is -2.33. The number of aryl methyl sites for hydroxylation is 1. The Kier molecular flexibility index (Phi) is 11.5. The molecular weight excluding hydrogens is 585 g/mol. The number of halogens is 2. The molecule has 0 spiro atoms. The van der Waals surface area contributed by atoms with Crippen molar-refractivity contribution in [3.05, 3.63) is 87.9 Å². The van der Waals surface area contributed by atoms with Crippen molar-refractivity contribution in [2.45, 2.75) is 51.1 Å². The first-order chi connectivity index (χ1) is 19.5. The molecule has 3 rings (SSSR count). The fourth-order valence-corrected chi connectivity index (χ4v) is 6.19. The van der Waals surface area contributed by atoms with Crippen LogP contribution < -0.4 is 14.4 Å². The topological polar surface area (TPSA) is 96.0 Å². The Bertz CT molecular complexity index is 1430. The summed E-state index contributed by atoms with van der Waals surface area (Å²) in [6.45, 7) is 5.39. The fraction of sp³-hybridized carbons (Fsp3) is 0.333. The average molecular weight is 621 g/mol. The number of sulfonamides is 1. The molecule has 2 amide bonds. The van der Waals surface area contributed by atoms with Crippen LogP contribution in [-0.4, -0.2) is 51.4 Å². The molecule has 0 heterocycles. The van der Waals surface area contributed by atoms with Crippen LogP contribution in [-0.2, 0) is 26.2 Å². The second kappa shape index (κ2) is 14.6. The number of nitrogens with one attached hydrogen (secondary N) is 1. The molecule has 0 aliphatic heterocycles. The first-order valence-corrected chi connectivity index (χ1v) is 15.5. The van der Waals surface area contributed by atoms with E-state index in [1.165, 1.54) is 24.1 Å². The number of anilines is 1. The van der Waals surface area contributed by atoms with Gasteiger partial charge in [0.05, 0.1) is 17.7 Å². The SMILES string of the molecule is CCCNC(=O)[C@H](CC)N(Cc1c(Cl)cccc1Cl)C(=O)CN(c1ccc(C)cc1)S(=O)(=O)c1ccc(OC)cc1.